The summed E-state index contributed by atoms with van der Waals surface area (Å²) in [5, 5.41) is 3.09. The summed E-state index contributed by atoms with van der Waals surface area (Å²) < 4.78 is 0. The van der Waals surface area contributed by atoms with E-state index in [1.54, 1.807) is 0 Å². The summed E-state index contributed by atoms with van der Waals surface area (Å²) in [6.45, 7) is 7.41. The van der Waals surface area contributed by atoms with Crippen LogP contribution in [0.1, 0.15) is 49.7 Å². The summed E-state index contributed by atoms with van der Waals surface area (Å²) in [5.41, 5.74) is 2.74. The molecule has 5 nitrogen and oxygen atoms in total. The van der Waals surface area contributed by atoms with Gasteiger partial charge in [0.1, 0.15) is 0 Å². The predicted molar refractivity (Wildman–Crippen MR) is 107 cm³/mol. The number of carbonyl (C=O) groups is 2. The summed E-state index contributed by atoms with van der Waals surface area (Å²) in [6.07, 6.45) is 5.37. The number of nitrogens with zero attached hydrogens (tertiary/aromatic N) is 2. The summed E-state index contributed by atoms with van der Waals surface area (Å²) in [4.78, 5) is 28.5. The van der Waals surface area contributed by atoms with E-state index in [9.17, 15) is 9.59 Å². The normalized spacial score (nSPS) is 21.3. The maximum absolute atomic E-state index is 12.2. The van der Waals surface area contributed by atoms with Crippen LogP contribution < -0.4 is 5.32 Å². The second-order valence-corrected chi connectivity index (χ2v) is 8.06. The average Bonchev–Trinajstić information content (AvgIpc) is 3.01. The van der Waals surface area contributed by atoms with Gasteiger partial charge in [0.15, 0.2) is 0 Å². The van der Waals surface area contributed by atoms with Crippen LogP contribution in [0.3, 0.4) is 0 Å². The molecule has 0 aliphatic carbocycles. The fourth-order valence-electron chi connectivity index (χ4n) is 4.11. The number of amides is 2. The molecule has 0 bridgehead atoms. The third kappa shape index (κ3) is 6.06. The van der Waals surface area contributed by atoms with Gasteiger partial charge in [-0.05, 0) is 49.8 Å². The highest BCUT2D eigenvalue weighted by molar-refractivity contribution is 5.79. The number of benzene rings is 1. The summed E-state index contributed by atoms with van der Waals surface area (Å²) in [7, 11) is 0. The molecular formula is C22H33N3O2. The van der Waals surface area contributed by atoms with Gasteiger partial charge in [-0.15, -0.1) is 0 Å². The lowest BCUT2D eigenvalue weighted by Gasteiger charge is -2.20. The minimum atomic E-state index is 0.0735. The molecule has 2 saturated heterocycles. The Bertz CT molecular complexity index is 646. The number of carbonyl (C=O) groups excluding carboxylic acids is 2. The van der Waals surface area contributed by atoms with Crippen molar-refractivity contribution in [3.63, 3.8) is 0 Å². The van der Waals surface area contributed by atoms with Gasteiger partial charge in [-0.3, -0.25) is 14.5 Å². The van der Waals surface area contributed by atoms with Crippen molar-refractivity contribution in [2.75, 3.05) is 32.7 Å². The molecule has 148 valence electrons. The van der Waals surface area contributed by atoms with Crippen molar-refractivity contribution in [2.45, 2.75) is 52.0 Å². The van der Waals surface area contributed by atoms with Gasteiger partial charge in [-0.25, -0.2) is 0 Å². The van der Waals surface area contributed by atoms with Crippen molar-refractivity contribution in [2.24, 2.45) is 5.92 Å². The lowest BCUT2D eigenvalue weighted by atomic mass is 10.1. The Morgan fingerprint density at radius 1 is 1.19 bits per heavy atom. The van der Waals surface area contributed by atoms with Crippen LogP contribution in [0.2, 0.25) is 0 Å². The first-order chi connectivity index (χ1) is 13.1. The molecule has 2 heterocycles. The zero-order valence-corrected chi connectivity index (χ0v) is 16.6. The van der Waals surface area contributed by atoms with Gasteiger partial charge in [0, 0.05) is 45.6 Å². The van der Waals surface area contributed by atoms with Crippen molar-refractivity contribution in [1.29, 1.82) is 0 Å². The third-order valence-corrected chi connectivity index (χ3v) is 5.89. The fraction of sp³-hybridized carbons (Fsp3) is 0.636. The van der Waals surface area contributed by atoms with E-state index in [4.69, 9.17) is 0 Å². The molecule has 1 aromatic rings. The van der Waals surface area contributed by atoms with Gasteiger partial charge in [0.2, 0.25) is 11.8 Å². The second kappa shape index (κ2) is 9.88. The molecule has 0 radical (unpaired) electrons. The highest BCUT2D eigenvalue weighted by Gasteiger charge is 2.23. The van der Waals surface area contributed by atoms with Crippen LogP contribution in [-0.4, -0.2) is 54.3 Å². The molecular weight excluding hydrogens is 338 g/mol. The minimum absolute atomic E-state index is 0.0735. The zero-order valence-electron chi connectivity index (χ0n) is 16.6. The van der Waals surface area contributed by atoms with Gasteiger partial charge in [0.25, 0.3) is 0 Å². The first kappa shape index (κ1) is 19.9. The van der Waals surface area contributed by atoms with Crippen molar-refractivity contribution in [3.8, 4) is 0 Å². The maximum Gasteiger partial charge on any atom is 0.222 e. The number of nitrogens with one attached hydrogen (secondary N) is 1. The van der Waals surface area contributed by atoms with Gasteiger partial charge in [0.05, 0.1) is 0 Å². The van der Waals surface area contributed by atoms with Crippen molar-refractivity contribution in [3.05, 3.63) is 35.4 Å². The van der Waals surface area contributed by atoms with E-state index < -0.39 is 0 Å². The lowest BCUT2D eigenvalue weighted by molar-refractivity contribution is -0.131. The average molecular weight is 372 g/mol. The molecule has 0 saturated carbocycles. The number of rotatable bonds is 7. The molecule has 1 N–H and O–H groups in total. The topological polar surface area (TPSA) is 52.7 Å². The fourth-order valence-corrected chi connectivity index (χ4v) is 4.11. The Kier molecular flexibility index (Phi) is 7.27. The Labute approximate surface area is 163 Å². The molecule has 2 fully saturated rings. The Morgan fingerprint density at radius 3 is 2.89 bits per heavy atom. The molecule has 27 heavy (non-hydrogen) atoms. The Hall–Kier alpha value is -1.88. The van der Waals surface area contributed by atoms with E-state index in [0.29, 0.717) is 25.3 Å². The molecule has 1 aromatic carbocycles. The monoisotopic (exact) mass is 371 g/mol. The molecule has 1 unspecified atom stereocenters. The number of hydrogen-bond acceptors (Lipinski definition) is 3. The van der Waals surface area contributed by atoms with Crippen LogP contribution in [0.4, 0.5) is 0 Å². The molecule has 2 aliphatic heterocycles. The summed E-state index contributed by atoms with van der Waals surface area (Å²) >= 11 is 0. The molecule has 5 heteroatoms. The van der Waals surface area contributed by atoms with Crippen LogP contribution in [0.5, 0.6) is 0 Å². The molecule has 2 amide bonds. The molecule has 3 rings (SSSR count). The first-order valence-electron chi connectivity index (χ1n) is 10.4. The third-order valence-electron chi connectivity index (χ3n) is 5.89. The zero-order chi connectivity index (χ0) is 19.1. The smallest absolute Gasteiger partial charge is 0.222 e. The van der Waals surface area contributed by atoms with Crippen LogP contribution in [0.25, 0.3) is 0 Å². The molecule has 0 spiro atoms. The SMILES string of the molecule is Cc1ccccc1CN1CCC(CNC(=O)CCN2CCCCCC2=O)C1. The molecule has 2 aliphatic rings. The Balaban J connectivity index is 1.35. The van der Waals surface area contributed by atoms with Crippen LogP contribution in [0.15, 0.2) is 24.3 Å². The van der Waals surface area contributed by atoms with Crippen LogP contribution in [0, 0.1) is 12.8 Å². The van der Waals surface area contributed by atoms with E-state index in [1.807, 2.05) is 4.90 Å². The summed E-state index contributed by atoms with van der Waals surface area (Å²) in [5.74, 6) is 0.810. The Morgan fingerprint density at radius 2 is 2.04 bits per heavy atom. The summed E-state index contributed by atoms with van der Waals surface area (Å²) in [6, 6.07) is 8.55. The maximum atomic E-state index is 12.2. The van der Waals surface area contributed by atoms with E-state index in [0.717, 1.165) is 58.4 Å². The lowest BCUT2D eigenvalue weighted by Crippen LogP contribution is -2.36. The van der Waals surface area contributed by atoms with E-state index >= 15 is 0 Å². The van der Waals surface area contributed by atoms with Gasteiger partial charge in [-0.2, -0.15) is 0 Å². The van der Waals surface area contributed by atoms with Gasteiger partial charge in [-0.1, -0.05) is 30.7 Å². The van der Waals surface area contributed by atoms with Crippen LogP contribution in [-0.2, 0) is 16.1 Å². The largest absolute Gasteiger partial charge is 0.356 e. The van der Waals surface area contributed by atoms with Gasteiger partial charge < -0.3 is 10.2 Å². The number of likely N-dealkylation sites (tertiary alicyclic amines) is 2. The highest BCUT2D eigenvalue weighted by Crippen LogP contribution is 2.19. The quantitative estimate of drug-likeness (QED) is 0.802. The van der Waals surface area contributed by atoms with Gasteiger partial charge >= 0.3 is 0 Å². The van der Waals surface area contributed by atoms with E-state index in [2.05, 4.69) is 41.4 Å². The second-order valence-electron chi connectivity index (χ2n) is 8.06. The highest BCUT2D eigenvalue weighted by atomic mass is 16.2. The number of aryl methyl sites for hydroxylation is 1. The molecule has 1 atom stereocenters. The van der Waals surface area contributed by atoms with Crippen molar-refractivity contribution >= 4 is 11.8 Å². The standard InChI is InChI=1S/C22H33N3O2/c1-18-7-4-5-8-20(18)17-24-13-10-19(16-24)15-23-21(26)11-14-25-12-6-2-3-9-22(25)27/h4-5,7-8,19H,2-3,6,9-17H2,1H3,(H,23,26). The first-order valence-corrected chi connectivity index (χ1v) is 10.4. The van der Waals surface area contributed by atoms with Crippen molar-refractivity contribution < 1.29 is 9.59 Å². The van der Waals surface area contributed by atoms with E-state index in [1.165, 1.54) is 11.1 Å². The molecule has 0 aromatic heterocycles. The van der Waals surface area contributed by atoms with E-state index in [-0.39, 0.29) is 11.8 Å². The predicted octanol–water partition coefficient (Wildman–Crippen LogP) is 2.73. The number of hydrogen-bond donors (Lipinski definition) is 1. The van der Waals surface area contributed by atoms with Crippen LogP contribution >= 0.6 is 0 Å². The minimum Gasteiger partial charge on any atom is -0.356 e. The van der Waals surface area contributed by atoms with Crippen molar-refractivity contribution in [1.82, 2.24) is 15.1 Å².